The maximum Gasteiger partial charge on any atom is 0.316 e. The average molecular weight is 623 g/mol. The molecule has 1 unspecified atom stereocenters. The molecule has 0 radical (unpaired) electrons. The fourth-order valence-electron chi connectivity index (χ4n) is 7.05. The van der Waals surface area contributed by atoms with Crippen LogP contribution in [0.5, 0.6) is 0 Å². The Morgan fingerprint density at radius 2 is 1.60 bits per heavy atom. The summed E-state index contributed by atoms with van der Waals surface area (Å²) in [4.78, 5) is 80.9. The van der Waals surface area contributed by atoms with Crippen molar-refractivity contribution in [2.45, 2.75) is 99.2 Å². The van der Waals surface area contributed by atoms with Gasteiger partial charge in [0.2, 0.25) is 11.7 Å². The molecule has 4 rings (SSSR count). The SMILES string of the molecule is Cc1ccc(C(=O)[C@@H](NC(=O)N[C@H](C(=O)N2C[C@H]3[C@@H]([C@H]2C(=O)CC(CC2CC2)C(=O)C(N)=O)C3(C)C)C(C)(C)C)C(C)C)cc1. The number of urea groups is 1. The molecule has 1 heterocycles. The molecule has 10 heteroatoms. The van der Waals surface area contributed by atoms with E-state index in [4.69, 9.17) is 5.73 Å². The van der Waals surface area contributed by atoms with E-state index in [9.17, 15) is 28.8 Å². The van der Waals surface area contributed by atoms with Crippen molar-refractivity contribution in [3.8, 4) is 0 Å². The second kappa shape index (κ2) is 12.7. The summed E-state index contributed by atoms with van der Waals surface area (Å²) in [6.07, 6.45) is 2.21. The Morgan fingerprint density at radius 1 is 1.00 bits per heavy atom. The van der Waals surface area contributed by atoms with Crippen molar-refractivity contribution in [2.24, 2.45) is 46.2 Å². The first kappa shape index (κ1) is 34.3. The number of hydrogen-bond acceptors (Lipinski definition) is 6. The average Bonchev–Trinajstić information content (AvgIpc) is 3.80. The van der Waals surface area contributed by atoms with E-state index in [1.165, 1.54) is 0 Å². The van der Waals surface area contributed by atoms with Crippen LogP contribution < -0.4 is 16.4 Å². The number of nitrogens with zero attached hydrogens (tertiary/aromatic N) is 1. The zero-order valence-corrected chi connectivity index (χ0v) is 27.9. The number of carbonyl (C=O) groups excluding carboxylic acids is 6. The highest BCUT2D eigenvalue weighted by molar-refractivity contribution is 6.36. The summed E-state index contributed by atoms with van der Waals surface area (Å²) < 4.78 is 0. The van der Waals surface area contributed by atoms with Gasteiger partial charge in [-0.05, 0) is 47.8 Å². The lowest BCUT2D eigenvalue weighted by Gasteiger charge is -2.38. The minimum Gasteiger partial charge on any atom is -0.363 e. The van der Waals surface area contributed by atoms with Gasteiger partial charge < -0.3 is 21.3 Å². The zero-order chi connectivity index (χ0) is 33.6. The third kappa shape index (κ3) is 7.47. The van der Waals surface area contributed by atoms with Gasteiger partial charge in [0, 0.05) is 24.4 Å². The van der Waals surface area contributed by atoms with E-state index in [-0.39, 0.29) is 47.1 Å². The molecule has 1 aromatic carbocycles. The quantitative estimate of drug-likeness (QED) is 0.224. The molecule has 2 aliphatic carbocycles. The molecule has 10 nitrogen and oxygen atoms in total. The molecule has 3 aliphatic rings. The van der Waals surface area contributed by atoms with Gasteiger partial charge in [-0.2, -0.15) is 0 Å². The van der Waals surface area contributed by atoms with Gasteiger partial charge in [-0.1, -0.05) is 91.1 Å². The van der Waals surface area contributed by atoms with E-state index in [2.05, 4.69) is 24.5 Å². The first-order valence-corrected chi connectivity index (χ1v) is 16.2. The number of hydrogen-bond donors (Lipinski definition) is 3. The maximum absolute atomic E-state index is 14.3. The van der Waals surface area contributed by atoms with Gasteiger partial charge in [0.15, 0.2) is 11.6 Å². The van der Waals surface area contributed by atoms with Crippen LogP contribution >= 0.6 is 0 Å². The summed E-state index contributed by atoms with van der Waals surface area (Å²) in [7, 11) is 0. The smallest absolute Gasteiger partial charge is 0.316 e. The number of likely N-dealkylation sites (tertiary alicyclic amines) is 1. The summed E-state index contributed by atoms with van der Waals surface area (Å²) in [5.74, 6) is -3.30. The van der Waals surface area contributed by atoms with Gasteiger partial charge in [-0.25, -0.2) is 4.79 Å². The largest absolute Gasteiger partial charge is 0.363 e. The number of aryl methyl sites for hydroxylation is 1. The molecule has 45 heavy (non-hydrogen) atoms. The van der Waals surface area contributed by atoms with Crippen LogP contribution in [0.1, 0.15) is 90.1 Å². The number of nitrogens with two attached hydrogens (primary N) is 1. The Hall–Kier alpha value is -3.56. The molecule has 3 fully saturated rings. The molecule has 1 saturated heterocycles. The van der Waals surface area contributed by atoms with Gasteiger partial charge in [-0.3, -0.25) is 24.0 Å². The number of nitrogens with one attached hydrogen (secondary N) is 2. The van der Waals surface area contributed by atoms with Gasteiger partial charge in [0.25, 0.3) is 5.91 Å². The standard InChI is InChI=1S/C35H50N4O6/c1-18(2)26(28(41)21-13-9-19(3)10-14-21)37-33(45)38-30(34(4,5)6)32(44)39-17-23-25(35(23,7)8)27(39)24(40)16-22(15-20-11-12-20)29(42)31(36)43/h9-10,13-14,18,20,22-23,25-27,30H,11-12,15-17H2,1-8H3,(H2,36,43)(H2,37,38,45)/t22?,23-,25-,26-,27+,30+/m0/s1. The topological polar surface area (TPSA) is 156 Å². The van der Waals surface area contributed by atoms with Crippen LogP contribution in [0.2, 0.25) is 0 Å². The van der Waals surface area contributed by atoms with E-state index in [1.54, 1.807) is 17.0 Å². The van der Waals surface area contributed by atoms with Crippen LogP contribution in [0.4, 0.5) is 4.79 Å². The highest BCUT2D eigenvalue weighted by atomic mass is 16.2. The Bertz CT molecular complexity index is 1360. The molecule has 4 N–H and O–H groups in total. The summed E-state index contributed by atoms with van der Waals surface area (Å²) >= 11 is 0. The third-order valence-corrected chi connectivity index (χ3v) is 10.2. The Labute approximate surface area is 266 Å². The second-order valence-corrected chi connectivity index (χ2v) is 15.5. The third-order valence-electron chi connectivity index (χ3n) is 10.2. The van der Waals surface area contributed by atoms with Crippen molar-refractivity contribution in [1.82, 2.24) is 15.5 Å². The van der Waals surface area contributed by atoms with Gasteiger partial charge in [0.1, 0.15) is 6.04 Å². The van der Waals surface area contributed by atoms with Crippen LogP contribution in [0.25, 0.3) is 0 Å². The lowest BCUT2D eigenvalue weighted by Crippen LogP contribution is -2.61. The van der Waals surface area contributed by atoms with Crippen molar-refractivity contribution in [1.29, 1.82) is 0 Å². The summed E-state index contributed by atoms with van der Waals surface area (Å²) in [6.45, 7) is 15.6. The number of amides is 4. The predicted octanol–water partition coefficient (Wildman–Crippen LogP) is 3.83. The summed E-state index contributed by atoms with van der Waals surface area (Å²) in [5.41, 5.74) is 5.95. The van der Waals surface area contributed by atoms with E-state index in [0.29, 0.717) is 24.4 Å². The molecule has 4 amide bonds. The van der Waals surface area contributed by atoms with Gasteiger partial charge >= 0.3 is 6.03 Å². The Morgan fingerprint density at radius 3 is 2.11 bits per heavy atom. The first-order chi connectivity index (χ1) is 20.8. The zero-order valence-electron chi connectivity index (χ0n) is 27.9. The van der Waals surface area contributed by atoms with Crippen molar-refractivity contribution < 1.29 is 28.8 Å². The van der Waals surface area contributed by atoms with E-state index < -0.39 is 47.2 Å². The highest BCUT2D eigenvalue weighted by Gasteiger charge is 2.69. The molecular formula is C35H50N4O6. The van der Waals surface area contributed by atoms with Crippen molar-refractivity contribution >= 4 is 35.2 Å². The number of Topliss-reactive ketones (excluding diaryl/α,β-unsaturated/α-hetero) is 3. The first-order valence-electron chi connectivity index (χ1n) is 16.2. The van der Waals surface area contributed by atoms with Crippen molar-refractivity contribution in [3.05, 3.63) is 35.4 Å². The van der Waals surface area contributed by atoms with Crippen molar-refractivity contribution in [3.63, 3.8) is 0 Å². The predicted molar refractivity (Wildman–Crippen MR) is 170 cm³/mol. The van der Waals surface area contributed by atoms with Crippen molar-refractivity contribution in [2.75, 3.05) is 6.54 Å². The number of fused-ring (bicyclic) bond motifs is 1. The van der Waals surface area contributed by atoms with Gasteiger partial charge in [0.05, 0.1) is 12.1 Å². The molecule has 246 valence electrons. The van der Waals surface area contributed by atoms with Crippen LogP contribution in [0, 0.1) is 47.3 Å². The monoisotopic (exact) mass is 622 g/mol. The lowest BCUT2D eigenvalue weighted by molar-refractivity contribution is -0.144. The summed E-state index contributed by atoms with van der Waals surface area (Å²) in [6, 6.07) is 3.93. The second-order valence-electron chi connectivity index (χ2n) is 15.5. The fraction of sp³-hybridized carbons (Fsp3) is 0.657. The molecule has 6 atom stereocenters. The number of primary amides is 1. The highest BCUT2D eigenvalue weighted by Crippen LogP contribution is 2.65. The number of ketones is 3. The fourth-order valence-corrected chi connectivity index (χ4v) is 7.05. The Kier molecular flexibility index (Phi) is 9.67. The van der Waals surface area contributed by atoms with E-state index in [1.807, 2.05) is 53.7 Å². The van der Waals surface area contributed by atoms with Gasteiger partial charge in [-0.15, -0.1) is 0 Å². The molecule has 0 bridgehead atoms. The Balaban J connectivity index is 1.53. The molecule has 1 aromatic rings. The van der Waals surface area contributed by atoms with E-state index in [0.717, 1.165) is 18.4 Å². The number of carbonyl (C=O) groups is 6. The minimum atomic E-state index is -1.04. The molecule has 0 aromatic heterocycles. The number of piperidine rings is 1. The molecular weight excluding hydrogens is 572 g/mol. The normalized spacial score (nSPS) is 23.8. The minimum absolute atomic E-state index is 0.0777. The lowest BCUT2D eigenvalue weighted by atomic mass is 9.84. The maximum atomic E-state index is 14.3. The number of benzene rings is 1. The molecule has 0 spiro atoms. The van der Waals surface area contributed by atoms with E-state index >= 15 is 0 Å². The molecule has 2 saturated carbocycles. The van der Waals surface area contributed by atoms with Crippen LogP contribution in [0.3, 0.4) is 0 Å². The van der Waals surface area contributed by atoms with Crippen LogP contribution in [0.15, 0.2) is 24.3 Å². The summed E-state index contributed by atoms with van der Waals surface area (Å²) in [5, 5.41) is 5.63. The number of rotatable bonds is 13. The van der Waals surface area contributed by atoms with Crippen LogP contribution in [-0.2, 0) is 19.2 Å². The van der Waals surface area contributed by atoms with Crippen LogP contribution in [-0.4, -0.2) is 64.8 Å². The molecule has 1 aliphatic heterocycles.